The maximum absolute atomic E-state index is 13.2. The van der Waals surface area contributed by atoms with Crippen molar-refractivity contribution in [2.24, 2.45) is 0 Å². The predicted molar refractivity (Wildman–Crippen MR) is 53.7 cm³/mol. The molecule has 0 amide bonds. The van der Waals surface area contributed by atoms with E-state index in [4.69, 9.17) is 0 Å². The smallest absolute Gasteiger partial charge is 0.296 e. The van der Waals surface area contributed by atoms with Crippen molar-refractivity contribution in [3.05, 3.63) is 45.9 Å². The van der Waals surface area contributed by atoms with E-state index < -0.39 is 16.4 Å². The molecule has 6 heteroatoms. The van der Waals surface area contributed by atoms with Gasteiger partial charge in [0.15, 0.2) is 11.8 Å². The summed E-state index contributed by atoms with van der Waals surface area (Å²) in [6, 6.07) is 5.28. The molecule has 0 saturated carbocycles. The summed E-state index contributed by atoms with van der Waals surface area (Å²) in [5, 5.41) is 11.1. The van der Waals surface area contributed by atoms with E-state index in [1.807, 2.05) is 0 Å². The highest BCUT2D eigenvalue weighted by Crippen LogP contribution is 2.26. The summed E-state index contributed by atoms with van der Waals surface area (Å²) in [6.07, 6.45) is 0.452. The first-order valence-corrected chi connectivity index (χ1v) is 4.32. The van der Waals surface area contributed by atoms with Crippen LogP contribution in [0.1, 0.15) is 10.5 Å². The van der Waals surface area contributed by atoms with E-state index in [1.54, 1.807) is 0 Å². The summed E-state index contributed by atoms with van der Waals surface area (Å²) >= 11 is 0. The van der Waals surface area contributed by atoms with Gasteiger partial charge in [-0.25, -0.2) is 4.98 Å². The number of nitro benzene ring substituents is 1. The monoisotopic (exact) mass is 220 g/mol. The highest BCUT2D eigenvalue weighted by Gasteiger charge is 2.19. The minimum absolute atomic E-state index is 0.0289. The third-order valence-corrected chi connectivity index (χ3v) is 2.11. The lowest BCUT2D eigenvalue weighted by atomic mass is 10.1. The summed E-state index contributed by atoms with van der Waals surface area (Å²) in [5.74, 6) is -0.965. The van der Waals surface area contributed by atoms with Gasteiger partial charge in [-0.3, -0.25) is 14.9 Å². The van der Waals surface area contributed by atoms with Gasteiger partial charge in [0, 0.05) is 5.39 Å². The molecule has 0 aliphatic carbocycles. The molecule has 80 valence electrons. The van der Waals surface area contributed by atoms with E-state index in [1.165, 1.54) is 18.2 Å². The molecule has 2 rings (SSSR count). The second kappa shape index (κ2) is 3.65. The minimum Gasteiger partial charge on any atom is -0.296 e. The maximum Gasteiger partial charge on any atom is 0.330 e. The van der Waals surface area contributed by atoms with Crippen molar-refractivity contribution in [2.75, 3.05) is 0 Å². The van der Waals surface area contributed by atoms with E-state index in [2.05, 4.69) is 4.98 Å². The highest BCUT2D eigenvalue weighted by molar-refractivity contribution is 5.89. The summed E-state index contributed by atoms with van der Waals surface area (Å²) in [5.41, 5.74) is -0.794. The zero-order valence-corrected chi connectivity index (χ0v) is 7.88. The van der Waals surface area contributed by atoms with Crippen LogP contribution in [0.25, 0.3) is 10.9 Å². The lowest BCUT2D eigenvalue weighted by Crippen LogP contribution is -1.97. The second-order valence-electron chi connectivity index (χ2n) is 3.08. The van der Waals surface area contributed by atoms with Gasteiger partial charge >= 0.3 is 5.69 Å². The number of aromatic nitrogens is 1. The number of benzene rings is 1. The summed E-state index contributed by atoms with van der Waals surface area (Å²) in [4.78, 5) is 24.0. The molecule has 5 nitrogen and oxygen atoms in total. The Balaban J connectivity index is 2.88. The number of pyridine rings is 1. The molecule has 0 N–H and O–H groups in total. The third-order valence-electron chi connectivity index (χ3n) is 2.11. The number of nitro groups is 1. The first-order valence-electron chi connectivity index (χ1n) is 4.32. The fourth-order valence-corrected chi connectivity index (χ4v) is 1.40. The lowest BCUT2D eigenvalue weighted by molar-refractivity contribution is -0.385. The molecule has 1 aromatic heterocycles. The molecule has 0 atom stereocenters. The van der Waals surface area contributed by atoms with Gasteiger partial charge in [0.05, 0.1) is 4.92 Å². The second-order valence-corrected chi connectivity index (χ2v) is 3.08. The molecule has 0 spiro atoms. The van der Waals surface area contributed by atoms with Crippen molar-refractivity contribution >= 4 is 22.9 Å². The number of fused-ring (bicyclic) bond motifs is 1. The number of rotatable bonds is 2. The molecular weight excluding hydrogens is 215 g/mol. The van der Waals surface area contributed by atoms with Crippen LogP contribution in [0.3, 0.4) is 0 Å². The quantitative estimate of drug-likeness (QED) is 0.441. The van der Waals surface area contributed by atoms with Crippen LogP contribution >= 0.6 is 0 Å². The number of halogens is 1. The Morgan fingerprint density at radius 3 is 2.62 bits per heavy atom. The van der Waals surface area contributed by atoms with Crippen LogP contribution in [-0.4, -0.2) is 16.2 Å². The van der Waals surface area contributed by atoms with Gasteiger partial charge in [-0.1, -0.05) is 6.07 Å². The van der Waals surface area contributed by atoms with Crippen LogP contribution < -0.4 is 0 Å². The molecule has 0 aliphatic heterocycles. The third kappa shape index (κ3) is 1.50. The van der Waals surface area contributed by atoms with E-state index in [0.717, 1.165) is 6.07 Å². The molecule has 0 aliphatic rings. The highest BCUT2D eigenvalue weighted by atomic mass is 19.1. The Morgan fingerprint density at radius 1 is 1.31 bits per heavy atom. The standard InChI is InChI=1S/C10H5FN2O3/c11-8-4-2-6-1-3-7(5-14)12-9(6)10(8)13(15)16/h1-5H. The zero-order valence-electron chi connectivity index (χ0n) is 7.88. The first-order chi connectivity index (χ1) is 7.63. The maximum atomic E-state index is 13.2. The Labute approximate surface area is 88.7 Å². The van der Waals surface area contributed by atoms with E-state index in [9.17, 15) is 19.3 Å². The van der Waals surface area contributed by atoms with E-state index >= 15 is 0 Å². The number of carbonyl (C=O) groups excluding carboxylic acids is 1. The molecule has 1 heterocycles. The zero-order chi connectivity index (χ0) is 11.7. The number of hydrogen-bond acceptors (Lipinski definition) is 4. The van der Waals surface area contributed by atoms with Crippen molar-refractivity contribution in [3.63, 3.8) is 0 Å². The van der Waals surface area contributed by atoms with E-state index in [0.29, 0.717) is 11.7 Å². The molecule has 16 heavy (non-hydrogen) atoms. The van der Waals surface area contributed by atoms with Crippen LogP contribution in [0, 0.1) is 15.9 Å². The Morgan fingerprint density at radius 2 is 2.00 bits per heavy atom. The van der Waals surface area contributed by atoms with Crippen LogP contribution in [0.4, 0.5) is 10.1 Å². The fourth-order valence-electron chi connectivity index (χ4n) is 1.40. The van der Waals surface area contributed by atoms with Crippen LogP contribution in [0.15, 0.2) is 24.3 Å². The van der Waals surface area contributed by atoms with Crippen molar-refractivity contribution in [3.8, 4) is 0 Å². The fraction of sp³-hybridized carbons (Fsp3) is 0. The van der Waals surface area contributed by atoms with E-state index in [-0.39, 0.29) is 11.2 Å². The molecule has 2 aromatic rings. The number of hydrogen-bond donors (Lipinski definition) is 0. The van der Waals surface area contributed by atoms with Gasteiger partial charge < -0.3 is 0 Å². The molecule has 0 saturated heterocycles. The molecule has 0 unspecified atom stereocenters. The van der Waals surface area contributed by atoms with Gasteiger partial charge in [-0.15, -0.1) is 0 Å². The van der Waals surface area contributed by atoms with Crippen LogP contribution in [-0.2, 0) is 0 Å². The summed E-state index contributed by atoms with van der Waals surface area (Å²) < 4.78 is 13.2. The number of carbonyl (C=O) groups is 1. The summed E-state index contributed by atoms with van der Waals surface area (Å²) in [6.45, 7) is 0. The average molecular weight is 220 g/mol. The number of nitrogens with zero attached hydrogens (tertiary/aromatic N) is 2. The largest absolute Gasteiger partial charge is 0.330 e. The van der Waals surface area contributed by atoms with Gasteiger partial charge in [0.1, 0.15) is 5.69 Å². The average Bonchev–Trinajstić information content (AvgIpc) is 2.27. The molecule has 1 aromatic carbocycles. The number of aldehydes is 1. The van der Waals surface area contributed by atoms with Crippen LogP contribution in [0.2, 0.25) is 0 Å². The Kier molecular flexibility index (Phi) is 2.32. The SMILES string of the molecule is O=Cc1ccc2ccc(F)c([N+](=O)[O-])c2n1. The van der Waals surface area contributed by atoms with Crippen molar-refractivity contribution in [2.45, 2.75) is 0 Å². The lowest BCUT2D eigenvalue weighted by Gasteiger charge is -2.00. The molecule has 0 fully saturated rings. The van der Waals surface area contributed by atoms with Crippen LogP contribution in [0.5, 0.6) is 0 Å². The van der Waals surface area contributed by atoms with Gasteiger partial charge in [0.25, 0.3) is 0 Å². The summed E-state index contributed by atoms with van der Waals surface area (Å²) in [7, 11) is 0. The van der Waals surface area contributed by atoms with Gasteiger partial charge in [-0.05, 0) is 18.2 Å². The first kappa shape index (κ1) is 10.2. The molecule has 0 bridgehead atoms. The predicted octanol–water partition coefficient (Wildman–Crippen LogP) is 2.09. The molecular formula is C10H5FN2O3. The van der Waals surface area contributed by atoms with Gasteiger partial charge in [-0.2, -0.15) is 4.39 Å². The molecule has 0 radical (unpaired) electrons. The minimum atomic E-state index is -0.965. The topological polar surface area (TPSA) is 73.1 Å². The van der Waals surface area contributed by atoms with Crippen molar-refractivity contribution in [1.29, 1.82) is 0 Å². The Bertz CT molecular complexity index is 598. The normalized spacial score (nSPS) is 10.3. The Hall–Kier alpha value is -2.37. The van der Waals surface area contributed by atoms with Crippen molar-refractivity contribution < 1.29 is 14.1 Å². The van der Waals surface area contributed by atoms with Gasteiger partial charge in [0.2, 0.25) is 5.82 Å². The van der Waals surface area contributed by atoms with Crippen molar-refractivity contribution in [1.82, 2.24) is 4.98 Å².